The van der Waals surface area contributed by atoms with Crippen LogP contribution in [0.15, 0.2) is 46.3 Å². The minimum Gasteiger partial charge on any atom is -0.472 e. The minimum absolute atomic E-state index is 0.0162. The average molecular weight is 655 g/mol. The number of esters is 3. The maximum absolute atomic E-state index is 13.5. The van der Waals surface area contributed by atoms with Crippen LogP contribution >= 0.6 is 0 Å². The molecule has 2 saturated heterocycles. The molecule has 12 nitrogen and oxygen atoms in total. The fraction of sp³-hybridized carbons (Fsp3) is 0.686. The van der Waals surface area contributed by atoms with E-state index in [9.17, 15) is 24.6 Å². The van der Waals surface area contributed by atoms with E-state index in [4.69, 9.17) is 32.8 Å². The van der Waals surface area contributed by atoms with Crippen LogP contribution in [-0.4, -0.2) is 75.8 Å². The summed E-state index contributed by atoms with van der Waals surface area (Å²) in [4.78, 5) is 40.3. The Morgan fingerprint density at radius 2 is 1.89 bits per heavy atom. The van der Waals surface area contributed by atoms with Crippen LogP contribution in [0.1, 0.15) is 85.3 Å². The zero-order valence-electron chi connectivity index (χ0n) is 27.7. The molecule has 1 aromatic heterocycles. The third-order valence-corrected chi connectivity index (χ3v) is 13.7. The maximum atomic E-state index is 13.5. The zero-order chi connectivity index (χ0) is 33.8. The Morgan fingerprint density at radius 3 is 2.53 bits per heavy atom. The summed E-state index contributed by atoms with van der Waals surface area (Å²) in [5.74, 6) is -4.20. The number of allylic oxidation sites excluding steroid dienone is 1. The van der Waals surface area contributed by atoms with E-state index in [1.165, 1.54) is 25.7 Å². The Hall–Kier alpha value is -3.03. The Balaban J connectivity index is 1.43. The van der Waals surface area contributed by atoms with Gasteiger partial charge in [0, 0.05) is 46.3 Å². The molecule has 4 aliphatic carbocycles. The largest absolute Gasteiger partial charge is 0.472 e. The quantitative estimate of drug-likeness (QED) is 0.261. The number of carbonyl (C=O) groups excluding carboxylic acids is 3. The molecule has 254 valence electrons. The van der Waals surface area contributed by atoms with Gasteiger partial charge in [0.2, 0.25) is 0 Å². The van der Waals surface area contributed by atoms with Crippen LogP contribution in [0.3, 0.4) is 0 Å². The number of aliphatic hydroxyl groups is 2. The lowest BCUT2D eigenvalue weighted by Crippen LogP contribution is -2.92. The summed E-state index contributed by atoms with van der Waals surface area (Å²) in [6.45, 7) is 10.8. The second-order valence-corrected chi connectivity index (χ2v) is 15.3. The van der Waals surface area contributed by atoms with Gasteiger partial charge in [-0.15, -0.1) is 0 Å². The van der Waals surface area contributed by atoms with Crippen LogP contribution < -0.4 is 0 Å². The number of hydrogen-bond donors (Lipinski definition) is 2. The normalized spacial score (nSPS) is 51.6. The van der Waals surface area contributed by atoms with Crippen molar-refractivity contribution in [2.24, 2.45) is 22.2 Å². The third-order valence-electron chi connectivity index (χ3n) is 13.7. The number of ether oxygens (including phenoxy) is 6. The molecule has 12 atom stereocenters. The SMILES string of the molecule is CC=C(C)C(=O)OC1C2(C)CC3(O)C1(O)C1OC4(CC)OC15C1=CC(=O)OC(c6ccoc6)C1(C)CCC5(O4)C3(C)C2CC(=O)OC. The molecule has 4 bridgehead atoms. The number of methoxy groups -OCH3 is 1. The van der Waals surface area contributed by atoms with Gasteiger partial charge in [-0.25, -0.2) is 9.59 Å². The summed E-state index contributed by atoms with van der Waals surface area (Å²) >= 11 is 0. The molecule has 7 aliphatic rings. The number of fused-ring (bicyclic) bond motifs is 4. The molecule has 0 amide bonds. The monoisotopic (exact) mass is 654 g/mol. The summed E-state index contributed by atoms with van der Waals surface area (Å²) in [5, 5.41) is 26.7. The van der Waals surface area contributed by atoms with Crippen molar-refractivity contribution in [1.82, 2.24) is 0 Å². The number of cyclic esters (lactones) is 1. The second kappa shape index (κ2) is 8.95. The number of rotatable bonds is 6. The summed E-state index contributed by atoms with van der Waals surface area (Å²) in [7, 11) is 1.30. The van der Waals surface area contributed by atoms with Gasteiger partial charge in [-0.1, -0.05) is 33.8 Å². The van der Waals surface area contributed by atoms with Crippen molar-refractivity contribution in [3.8, 4) is 0 Å². The number of furan rings is 1. The standard InChI is InChI=1S/C35H42O12/c1-8-18(3)25(38)44-26-29(5)17-31(39)30(6,20(29)14-22(36)41-7)32-12-11-28(4)21(15-23(37)43-24(28)19-10-13-42-16-19)35(32)27(34(26,31)40)45-33(9-2,46-32)47-35/h8,10,13,15-16,20,24,26-27,39-40H,9,11-12,14,17H2,1-7H3. The van der Waals surface area contributed by atoms with Crippen molar-refractivity contribution in [3.05, 3.63) is 47.5 Å². The van der Waals surface area contributed by atoms with Crippen molar-refractivity contribution in [1.29, 1.82) is 0 Å². The Labute approximate surface area is 272 Å². The summed E-state index contributed by atoms with van der Waals surface area (Å²) in [6, 6.07) is 1.75. The highest BCUT2D eigenvalue weighted by molar-refractivity contribution is 5.88. The second-order valence-electron chi connectivity index (χ2n) is 15.3. The molecule has 4 heterocycles. The summed E-state index contributed by atoms with van der Waals surface area (Å²) in [6.07, 6.45) is 3.39. The van der Waals surface area contributed by atoms with Crippen molar-refractivity contribution < 1.29 is 57.4 Å². The highest BCUT2D eigenvalue weighted by Crippen LogP contribution is 2.88. The van der Waals surface area contributed by atoms with E-state index in [1.54, 1.807) is 26.0 Å². The molecule has 0 aromatic carbocycles. The Morgan fingerprint density at radius 1 is 1.15 bits per heavy atom. The molecule has 1 aromatic rings. The van der Waals surface area contributed by atoms with Crippen molar-refractivity contribution in [2.45, 2.75) is 120 Å². The first kappa shape index (κ1) is 31.3. The van der Waals surface area contributed by atoms with Crippen molar-refractivity contribution in [3.63, 3.8) is 0 Å². The Bertz CT molecular complexity index is 1670. The maximum Gasteiger partial charge on any atom is 0.333 e. The third kappa shape index (κ3) is 3.00. The molecular formula is C35H42O12. The molecule has 8 rings (SSSR count). The molecular weight excluding hydrogens is 612 g/mol. The molecule has 3 aliphatic heterocycles. The van der Waals surface area contributed by atoms with Gasteiger partial charge in [0.25, 0.3) is 5.97 Å². The van der Waals surface area contributed by atoms with Gasteiger partial charge in [-0.2, -0.15) is 0 Å². The fourth-order valence-electron chi connectivity index (χ4n) is 11.6. The average Bonchev–Trinajstić information content (AvgIpc) is 3.83. The predicted molar refractivity (Wildman–Crippen MR) is 159 cm³/mol. The van der Waals surface area contributed by atoms with Gasteiger partial charge in [0.05, 0.1) is 19.6 Å². The van der Waals surface area contributed by atoms with Crippen molar-refractivity contribution in [2.75, 3.05) is 7.11 Å². The summed E-state index contributed by atoms with van der Waals surface area (Å²) in [5.41, 5.74) is -9.26. The lowest BCUT2D eigenvalue weighted by molar-refractivity contribution is -0.447. The van der Waals surface area contributed by atoms with E-state index < -0.39 is 86.8 Å². The molecule has 12 unspecified atom stereocenters. The van der Waals surface area contributed by atoms with Crippen LogP contribution in [-0.2, 0) is 42.8 Å². The topological polar surface area (TPSA) is 160 Å². The van der Waals surface area contributed by atoms with E-state index in [-0.39, 0.29) is 19.3 Å². The first-order chi connectivity index (χ1) is 22.0. The van der Waals surface area contributed by atoms with E-state index in [0.717, 1.165) is 0 Å². The van der Waals surface area contributed by atoms with E-state index in [2.05, 4.69) is 0 Å². The van der Waals surface area contributed by atoms with Crippen molar-refractivity contribution >= 4 is 17.9 Å². The van der Waals surface area contributed by atoms with Gasteiger partial charge in [-0.3, -0.25) is 4.79 Å². The van der Waals surface area contributed by atoms with Crippen LogP contribution in [0, 0.1) is 22.2 Å². The van der Waals surface area contributed by atoms with Crippen LogP contribution in [0.4, 0.5) is 0 Å². The number of hydrogen-bond acceptors (Lipinski definition) is 12. The van der Waals surface area contributed by atoms with Crippen LogP contribution in [0.5, 0.6) is 0 Å². The molecule has 47 heavy (non-hydrogen) atoms. The molecule has 0 radical (unpaired) electrons. The van der Waals surface area contributed by atoms with E-state index in [1.807, 2.05) is 27.7 Å². The van der Waals surface area contributed by atoms with E-state index >= 15 is 0 Å². The molecule has 2 N–H and O–H groups in total. The van der Waals surface area contributed by atoms with Gasteiger partial charge in [0.15, 0.2) is 11.2 Å². The lowest BCUT2D eigenvalue weighted by atomic mass is 9.35. The zero-order valence-corrected chi connectivity index (χ0v) is 27.7. The van der Waals surface area contributed by atoms with Gasteiger partial charge in [0.1, 0.15) is 29.5 Å². The molecule has 4 saturated carbocycles. The molecule has 6 fully saturated rings. The van der Waals surface area contributed by atoms with Gasteiger partial charge < -0.3 is 43.1 Å². The summed E-state index contributed by atoms with van der Waals surface area (Å²) < 4.78 is 43.6. The highest BCUT2D eigenvalue weighted by Gasteiger charge is 3.02. The highest BCUT2D eigenvalue weighted by atomic mass is 16.9. The first-order valence-corrected chi connectivity index (χ1v) is 16.4. The number of carbonyl (C=O) groups is 3. The first-order valence-electron chi connectivity index (χ1n) is 16.4. The van der Waals surface area contributed by atoms with Crippen LogP contribution in [0.2, 0.25) is 0 Å². The molecule has 12 heteroatoms. The Kier molecular flexibility index (Phi) is 5.95. The van der Waals surface area contributed by atoms with Gasteiger partial charge >= 0.3 is 17.9 Å². The fourth-order valence-corrected chi connectivity index (χ4v) is 11.6. The smallest absolute Gasteiger partial charge is 0.333 e. The van der Waals surface area contributed by atoms with Gasteiger partial charge in [-0.05, 0) is 50.7 Å². The minimum atomic E-state index is -2.26. The van der Waals surface area contributed by atoms with E-state index in [0.29, 0.717) is 29.6 Å². The lowest BCUT2D eigenvalue weighted by Gasteiger charge is -2.75. The van der Waals surface area contributed by atoms with Crippen LogP contribution in [0.25, 0.3) is 0 Å². The molecule has 1 spiro atoms. The predicted octanol–water partition coefficient (Wildman–Crippen LogP) is 3.55.